The molecule has 0 unspecified atom stereocenters. The Morgan fingerprint density at radius 3 is 2.48 bits per heavy atom. The molecule has 0 atom stereocenters. The SMILES string of the molecule is CC(C)(C)OC(=O)N1CCCN(Cc2ccccc2)CC1. The van der Waals surface area contributed by atoms with E-state index < -0.39 is 5.60 Å². The first-order chi connectivity index (χ1) is 9.94. The molecule has 1 aliphatic heterocycles. The van der Waals surface area contributed by atoms with Crippen LogP contribution in [0, 0.1) is 0 Å². The number of hydrogen-bond donors (Lipinski definition) is 0. The number of ether oxygens (including phenoxy) is 1. The Labute approximate surface area is 127 Å². The van der Waals surface area contributed by atoms with Crippen molar-refractivity contribution in [1.82, 2.24) is 9.80 Å². The van der Waals surface area contributed by atoms with Gasteiger partial charge < -0.3 is 9.64 Å². The van der Waals surface area contributed by atoms with Crippen molar-refractivity contribution in [2.45, 2.75) is 39.3 Å². The van der Waals surface area contributed by atoms with Gasteiger partial charge in [-0.1, -0.05) is 30.3 Å². The van der Waals surface area contributed by atoms with Crippen molar-refractivity contribution >= 4 is 6.09 Å². The number of amides is 1. The van der Waals surface area contributed by atoms with Crippen LogP contribution in [0.2, 0.25) is 0 Å². The second kappa shape index (κ2) is 6.94. The lowest BCUT2D eigenvalue weighted by Gasteiger charge is -2.26. The molecule has 1 fully saturated rings. The summed E-state index contributed by atoms with van der Waals surface area (Å²) in [5, 5.41) is 0. The van der Waals surface area contributed by atoms with E-state index in [1.165, 1.54) is 5.56 Å². The summed E-state index contributed by atoms with van der Waals surface area (Å²) >= 11 is 0. The van der Waals surface area contributed by atoms with Gasteiger partial charge in [-0.05, 0) is 32.8 Å². The zero-order valence-corrected chi connectivity index (χ0v) is 13.3. The zero-order valence-electron chi connectivity index (χ0n) is 13.3. The number of nitrogens with zero attached hydrogens (tertiary/aromatic N) is 2. The minimum atomic E-state index is -0.423. The largest absolute Gasteiger partial charge is 0.444 e. The lowest BCUT2D eigenvalue weighted by atomic mass is 10.2. The predicted molar refractivity (Wildman–Crippen MR) is 84.1 cm³/mol. The maximum absolute atomic E-state index is 12.1. The molecule has 1 amide bonds. The highest BCUT2D eigenvalue weighted by Gasteiger charge is 2.24. The van der Waals surface area contributed by atoms with Gasteiger partial charge in [0.05, 0.1) is 0 Å². The molecule has 2 rings (SSSR count). The average molecular weight is 290 g/mol. The molecular formula is C17H26N2O2. The maximum Gasteiger partial charge on any atom is 0.410 e. The van der Waals surface area contributed by atoms with Crippen LogP contribution in [0.4, 0.5) is 4.79 Å². The summed E-state index contributed by atoms with van der Waals surface area (Å²) in [7, 11) is 0. The predicted octanol–water partition coefficient (Wildman–Crippen LogP) is 3.13. The van der Waals surface area contributed by atoms with Crippen molar-refractivity contribution in [2.75, 3.05) is 26.2 Å². The second-order valence-corrected chi connectivity index (χ2v) is 6.58. The van der Waals surface area contributed by atoms with Gasteiger partial charge in [0.1, 0.15) is 5.60 Å². The quantitative estimate of drug-likeness (QED) is 0.839. The van der Waals surface area contributed by atoms with E-state index in [0.29, 0.717) is 0 Å². The van der Waals surface area contributed by atoms with Gasteiger partial charge in [-0.2, -0.15) is 0 Å². The summed E-state index contributed by atoms with van der Waals surface area (Å²) in [5.41, 5.74) is 0.899. The topological polar surface area (TPSA) is 32.8 Å². The Morgan fingerprint density at radius 1 is 1.10 bits per heavy atom. The molecule has 1 heterocycles. The minimum Gasteiger partial charge on any atom is -0.444 e. The number of carbonyl (C=O) groups excluding carboxylic acids is 1. The molecule has 1 aliphatic rings. The Bertz CT molecular complexity index is 454. The molecule has 0 radical (unpaired) electrons. The Hall–Kier alpha value is -1.55. The molecule has 0 spiro atoms. The molecular weight excluding hydrogens is 264 g/mol. The van der Waals surface area contributed by atoms with Crippen LogP contribution in [-0.2, 0) is 11.3 Å². The van der Waals surface area contributed by atoms with Crippen LogP contribution < -0.4 is 0 Å². The molecule has 0 bridgehead atoms. The van der Waals surface area contributed by atoms with Crippen LogP contribution in [0.1, 0.15) is 32.8 Å². The van der Waals surface area contributed by atoms with E-state index in [1.54, 1.807) is 0 Å². The highest BCUT2D eigenvalue weighted by Crippen LogP contribution is 2.13. The van der Waals surface area contributed by atoms with Crippen molar-refractivity contribution in [3.05, 3.63) is 35.9 Å². The first kappa shape index (κ1) is 15.8. The number of benzene rings is 1. The van der Waals surface area contributed by atoms with Gasteiger partial charge in [-0.15, -0.1) is 0 Å². The fourth-order valence-electron chi connectivity index (χ4n) is 2.48. The third-order valence-electron chi connectivity index (χ3n) is 3.49. The smallest absolute Gasteiger partial charge is 0.410 e. The van der Waals surface area contributed by atoms with Gasteiger partial charge in [-0.25, -0.2) is 4.79 Å². The van der Waals surface area contributed by atoms with Gasteiger partial charge in [-0.3, -0.25) is 4.90 Å². The highest BCUT2D eigenvalue weighted by atomic mass is 16.6. The van der Waals surface area contributed by atoms with E-state index in [2.05, 4.69) is 29.2 Å². The maximum atomic E-state index is 12.1. The monoisotopic (exact) mass is 290 g/mol. The van der Waals surface area contributed by atoms with Crippen molar-refractivity contribution < 1.29 is 9.53 Å². The van der Waals surface area contributed by atoms with E-state index in [9.17, 15) is 4.79 Å². The fourth-order valence-corrected chi connectivity index (χ4v) is 2.48. The molecule has 1 aromatic rings. The van der Waals surface area contributed by atoms with Gasteiger partial charge in [0.15, 0.2) is 0 Å². The average Bonchev–Trinajstić information content (AvgIpc) is 2.64. The molecule has 0 aliphatic carbocycles. The lowest BCUT2D eigenvalue weighted by Crippen LogP contribution is -2.39. The molecule has 0 aromatic heterocycles. The minimum absolute atomic E-state index is 0.191. The summed E-state index contributed by atoms with van der Waals surface area (Å²) in [5.74, 6) is 0. The Morgan fingerprint density at radius 2 is 1.81 bits per heavy atom. The summed E-state index contributed by atoms with van der Waals surface area (Å²) in [6, 6.07) is 10.5. The fraction of sp³-hybridized carbons (Fsp3) is 0.588. The number of hydrogen-bond acceptors (Lipinski definition) is 3. The second-order valence-electron chi connectivity index (χ2n) is 6.58. The van der Waals surface area contributed by atoms with Gasteiger partial charge in [0.25, 0.3) is 0 Å². The summed E-state index contributed by atoms with van der Waals surface area (Å²) < 4.78 is 5.45. The highest BCUT2D eigenvalue weighted by molar-refractivity contribution is 5.68. The third-order valence-corrected chi connectivity index (χ3v) is 3.49. The first-order valence-corrected chi connectivity index (χ1v) is 7.68. The number of rotatable bonds is 2. The lowest BCUT2D eigenvalue weighted by molar-refractivity contribution is 0.0257. The summed E-state index contributed by atoms with van der Waals surface area (Å²) in [6.07, 6.45) is 0.801. The summed E-state index contributed by atoms with van der Waals surface area (Å²) in [6.45, 7) is 10.1. The van der Waals surface area contributed by atoms with Crippen LogP contribution in [0.3, 0.4) is 0 Å². The molecule has 0 N–H and O–H groups in total. The molecule has 21 heavy (non-hydrogen) atoms. The standard InChI is InChI=1S/C17H26N2O2/c1-17(2,3)21-16(20)19-11-7-10-18(12-13-19)14-15-8-5-4-6-9-15/h4-6,8-9H,7,10-14H2,1-3H3. The van der Waals surface area contributed by atoms with Crippen molar-refractivity contribution in [1.29, 1.82) is 0 Å². The number of carbonyl (C=O) groups is 1. The summed E-state index contributed by atoms with van der Waals surface area (Å²) in [4.78, 5) is 16.3. The molecule has 0 saturated carbocycles. The van der Waals surface area contributed by atoms with E-state index in [4.69, 9.17) is 4.74 Å². The van der Waals surface area contributed by atoms with E-state index >= 15 is 0 Å². The van der Waals surface area contributed by atoms with Crippen LogP contribution in [0.15, 0.2) is 30.3 Å². The first-order valence-electron chi connectivity index (χ1n) is 7.68. The van der Waals surface area contributed by atoms with Crippen molar-refractivity contribution in [2.24, 2.45) is 0 Å². The molecule has 4 nitrogen and oxygen atoms in total. The van der Waals surface area contributed by atoms with Gasteiger partial charge >= 0.3 is 6.09 Å². The molecule has 1 aromatic carbocycles. The Balaban J connectivity index is 1.86. The Kier molecular flexibility index (Phi) is 5.23. The van der Waals surface area contributed by atoms with Crippen LogP contribution in [0.25, 0.3) is 0 Å². The van der Waals surface area contributed by atoms with Gasteiger partial charge in [0.2, 0.25) is 0 Å². The van der Waals surface area contributed by atoms with Crippen LogP contribution in [-0.4, -0.2) is 47.7 Å². The molecule has 1 saturated heterocycles. The molecule has 116 valence electrons. The van der Waals surface area contributed by atoms with Crippen molar-refractivity contribution in [3.63, 3.8) is 0 Å². The third kappa shape index (κ3) is 5.38. The van der Waals surface area contributed by atoms with E-state index in [0.717, 1.165) is 39.1 Å². The zero-order chi connectivity index (χ0) is 15.3. The van der Waals surface area contributed by atoms with Crippen LogP contribution in [0.5, 0.6) is 0 Å². The molecule has 4 heteroatoms. The normalized spacial score (nSPS) is 17.4. The van der Waals surface area contributed by atoms with E-state index in [-0.39, 0.29) is 6.09 Å². The van der Waals surface area contributed by atoms with Crippen molar-refractivity contribution in [3.8, 4) is 0 Å². The van der Waals surface area contributed by atoms with E-state index in [1.807, 2.05) is 31.7 Å². The van der Waals surface area contributed by atoms with Gasteiger partial charge in [0, 0.05) is 32.7 Å². The van der Waals surface area contributed by atoms with Crippen LogP contribution >= 0.6 is 0 Å².